The number of hydrogen-bond acceptors (Lipinski definition) is 2. The summed E-state index contributed by atoms with van der Waals surface area (Å²) in [6, 6.07) is 20.4. The summed E-state index contributed by atoms with van der Waals surface area (Å²) in [5, 5.41) is 1.65. The van der Waals surface area contributed by atoms with Crippen molar-refractivity contribution in [3.05, 3.63) is 82.9 Å². The topological polar surface area (TPSA) is 91.1 Å². The van der Waals surface area contributed by atoms with E-state index in [-0.39, 0.29) is 0 Å². The van der Waals surface area contributed by atoms with Crippen molar-refractivity contribution < 1.29 is 9.59 Å². The highest BCUT2D eigenvalue weighted by Crippen LogP contribution is 2.33. The molecule has 4 N–H and O–H groups in total. The molecule has 0 atom stereocenters. The van der Waals surface area contributed by atoms with Crippen LogP contribution in [-0.2, 0) is 13.0 Å². The average molecular weight is 398 g/mol. The fraction of sp³-hybridized carbons (Fsp3) is 0.200. The number of carbonyl (C=O) groups is 2. The molecule has 0 unspecified atom stereocenters. The Hall–Kier alpha value is -3.60. The summed E-state index contributed by atoms with van der Waals surface area (Å²) in [6.45, 7) is 2.62. The first-order chi connectivity index (χ1) is 14.5. The number of fused-ring (bicyclic) bond motifs is 3. The average Bonchev–Trinajstić information content (AvgIpc) is 3.05. The van der Waals surface area contributed by atoms with Crippen LogP contribution < -0.4 is 11.5 Å². The molecule has 0 aliphatic rings. The van der Waals surface area contributed by atoms with Crippen LogP contribution in [0.5, 0.6) is 0 Å². The first kappa shape index (κ1) is 19.7. The zero-order valence-corrected chi connectivity index (χ0v) is 16.9. The standard InChI is InChI=1S/C25H24N3O2/c1-2-3-7-16-12-13-19-22(14-16)28(15-17-8-4-5-9-18(17)24(26)29)21-11-6-10-20(23(19)21)25(27)30/h4-6,8-12,14H,2-3,7,15H2,1H3,(H2,26,29)(H2,27,30). The van der Waals surface area contributed by atoms with Crippen molar-refractivity contribution in [2.45, 2.75) is 32.7 Å². The number of nitrogens with zero attached hydrogens (tertiary/aromatic N) is 1. The van der Waals surface area contributed by atoms with Gasteiger partial charge in [-0.15, -0.1) is 0 Å². The molecule has 1 radical (unpaired) electrons. The van der Waals surface area contributed by atoms with Gasteiger partial charge >= 0.3 is 0 Å². The SMILES string of the molecule is CCCCc1c[c]c2c3c(C(N)=O)cccc3n(Cc3ccccc3C(N)=O)c2c1. The zero-order valence-electron chi connectivity index (χ0n) is 16.9. The Kier molecular flexibility index (Phi) is 5.27. The van der Waals surface area contributed by atoms with E-state index in [1.807, 2.05) is 30.3 Å². The largest absolute Gasteiger partial charge is 0.366 e. The molecule has 0 spiro atoms. The Morgan fingerprint density at radius 3 is 2.43 bits per heavy atom. The van der Waals surface area contributed by atoms with Crippen LogP contribution in [-0.4, -0.2) is 16.4 Å². The smallest absolute Gasteiger partial charge is 0.249 e. The monoisotopic (exact) mass is 398 g/mol. The van der Waals surface area contributed by atoms with Crippen molar-refractivity contribution in [2.24, 2.45) is 11.5 Å². The van der Waals surface area contributed by atoms with E-state index in [4.69, 9.17) is 11.5 Å². The second-order valence-electron chi connectivity index (χ2n) is 7.54. The Bertz CT molecular complexity index is 1270. The first-order valence-corrected chi connectivity index (χ1v) is 10.1. The number of unbranched alkanes of at least 4 members (excludes halogenated alkanes) is 1. The Morgan fingerprint density at radius 1 is 0.967 bits per heavy atom. The van der Waals surface area contributed by atoms with E-state index in [2.05, 4.69) is 23.6 Å². The number of aryl methyl sites for hydroxylation is 1. The van der Waals surface area contributed by atoms with Gasteiger partial charge in [-0.05, 0) is 54.3 Å². The molecule has 0 fully saturated rings. The van der Waals surface area contributed by atoms with Crippen LogP contribution in [0.4, 0.5) is 0 Å². The van der Waals surface area contributed by atoms with Crippen molar-refractivity contribution in [1.82, 2.24) is 4.57 Å². The van der Waals surface area contributed by atoms with Gasteiger partial charge in [-0.1, -0.05) is 43.7 Å². The van der Waals surface area contributed by atoms with E-state index in [0.717, 1.165) is 46.6 Å². The first-order valence-electron chi connectivity index (χ1n) is 10.1. The maximum Gasteiger partial charge on any atom is 0.249 e. The lowest BCUT2D eigenvalue weighted by Gasteiger charge is -2.11. The molecule has 3 aromatic carbocycles. The van der Waals surface area contributed by atoms with E-state index in [1.165, 1.54) is 5.56 Å². The second-order valence-corrected chi connectivity index (χ2v) is 7.54. The van der Waals surface area contributed by atoms with Crippen molar-refractivity contribution >= 4 is 33.6 Å². The van der Waals surface area contributed by atoms with Gasteiger partial charge in [0.15, 0.2) is 0 Å². The van der Waals surface area contributed by atoms with Gasteiger partial charge < -0.3 is 16.0 Å². The van der Waals surface area contributed by atoms with Gasteiger partial charge in [0.2, 0.25) is 11.8 Å². The minimum atomic E-state index is -0.472. The fourth-order valence-electron chi connectivity index (χ4n) is 4.07. The van der Waals surface area contributed by atoms with Gasteiger partial charge in [0.1, 0.15) is 0 Å². The van der Waals surface area contributed by atoms with Crippen molar-refractivity contribution in [2.75, 3.05) is 0 Å². The van der Waals surface area contributed by atoms with Crippen LogP contribution in [0.1, 0.15) is 51.6 Å². The van der Waals surface area contributed by atoms with Crippen LogP contribution in [0, 0.1) is 6.07 Å². The van der Waals surface area contributed by atoms with Gasteiger partial charge in [-0.2, -0.15) is 0 Å². The molecule has 0 aliphatic carbocycles. The Morgan fingerprint density at radius 2 is 1.70 bits per heavy atom. The molecule has 4 aromatic rings. The second kappa shape index (κ2) is 8.03. The molecule has 0 saturated heterocycles. The van der Waals surface area contributed by atoms with Crippen LogP contribution in [0.3, 0.4) is 0 Å². The number of hydrogen-bond donors (Lipinski definition) is 2. The van der Waals surface area contributed by atoms with Crippen LogP contribution >= 0.6 is 0 Å². The normalized spacial score (nSPS) is 11.2. The lowest BCUT2D eigenvalue weighted by molar-refractivity contribution is 0.0992. The number of aromatic nitrogens is 1. The molecule has 0 saturated carbocycles. The maximum atomic E-state index is 12.1. The lowest BCUT2D eigenvalue weighted by Crippen LogP contribution is -2.15. The van der Waals surface area contributed by atoms with Gasteiger partial charge in [0.25, 0.3) is 0 Å². The van der Waals surface area contributed by atoms with Crippen LogP contribution in [0.2, 0.25) is 0 Å². The highest BCUT2D eigenvalue weighted by molar-refractivity contribution is 6.17. The Labute approximate surface area is 175 Å². The molecular weight excluding hydrogens is 374 g/mol. The Balaban J connectivity index is 1.99. The number of carbonyl (C=O) groups excluding carboxylic acids is 2. The number of amides is 2. The highest BCUT2D eigenvalue weighted by atomic mass is 16.1. The third kappa shape index (κ3) is 3.43. The van der Waals surface area contributed by atoms with E-state index < -0.39 is 11.8 Å². The predicted octanol–water partition coefficient (Wildman–Crippen LogP) is 4.18. The highest BCUT2D eigenvalue weighted by Gasteiger charge is 2.18. The molecule has 0 bridgehead atoms. The quantitative estimate of drug-likeness (QED) is 0.489. The molecule has 4 rings (SSSR count). The molecule has 0 aliphatic heterocycles. The molecule has 5 nitrogen and oxygen atoms in total. The minimum absolute atomic E-state index is 0.451. The molecule has 30 heavy (non-hydrogen) atoms. The summed E-state index contributed by atoms with van der Waals surface area (Å²) in [7, 11) is 0. The third-order valence-corrected chi connectivity index (χ3v) is 5.55. The number of benzene rings is 3. The van der Waals surface area contributed by atoms with Crippen molar-refractivity contribution in [3.63, 3.8) is 0 Å². The minimum Gasteiger partial charge on any atom is -0.366 e. The van der Waals surface area contributed by atoms with Gasteiger partial charge in [-0.3, -0.25) is 9.59 Å². The molecular formula is C25H24N3O2. The predicted molar refractivity (Wildman–Crippen MR) is 119 cm³/mol. The zero-order chi connectivity index (χ0) is 21.3. The van der Waals surface area contributed by atoms with E-state index in [1.54, 1.807) is 18.2 Å². The summed E-state index contributed by atoms with van der Waals surface area (Å²) in [6.07, 6.45) is 3.17. The summed E-state index contributed by atoms with van der Waals surface area (Å²) in [4.78, 5) is 24.1. The molecule has 151 valence electrons. The van der Waals surface area contributed by atoms with E-state index in [9.17, 15) is 9.59 Å². The fourth-order valence-corrected chi connectivity index (χ4v) is 4.07. The summed E-state index contributed by atoms with van der Waals surface area (Å²) in [5.74, 6) is -0.931. The third-order valence-electron chi connectivity index (χ3n) is 5.55. The van der Waals surface area contributed by atoms with E-state index >= 15 is 0 Å². The number of rotatable bonds is 7. The van der Waals surface area contributed by atoms with Gasteiger partial charge in [0.05, 0.1) is 11.0 Å². The van der Waals surface area contributed by atoms with Crippen LogP contribution in [0.15, 0.2) is 54.6 Å². The summed E-state index contributed by atoms with van der Waals surface area (Å²) < 4.78 is 2.12. The van der Waals surface area contributed by atoms with Gasteiger partial charge in [0, 0.05) is 28.4 Å². The summed E-state index contributed by atoms with van der Waals surface area (Å²) in [5.41, 5.74) is 16.1. The van der Waals surface area contributed by atoms with Crippen LogP contribution in [0.25, 0.3) is 21.8 Å². The maximum absolute atomic E-state index is 12.1. The van der Waals surface area contributed by atoms with Crippen molar-refractivity contribution in [1.29, 1.82) is 0 Å². The van der Waals surface area contributed by atoms with Crippen molar-refractivity contribution in [3.8, 4) is 0 Å². The molecule has 2 amide bonds. The number of nitrogens with two attached hydrogens (primary N) is 2. The van der Waals surface area contributed by atoms with Gasteiger partial charge in [-0.25, -0.2) is 0 Å². The molecule has 1 aromatic heterocycles. The summed E-state index contributed by atoms with van der Waals surface area (Å²) >= 11 is 0. The molecule has 5 heteroatoms. The lowest BCUT2D eigenvalue weighted by atomic mass is 10.0. The number of primary amides is 2. The van der Waals surface area contributed by atoms with E-state index in [0.29, 0.717) is 17.7 Å². The molecule has 1 heterocycles.